The van der Waals surface area contributed by atoms with Gasteiger partial charge in [0.1, 0.15) is 0 Å². The van der Waals surface area contributed by atoms with E-state index in [2.05, 4.69) is 24.2 Å². The summed E-state index contributed by atoms with van der Waals surface area (Å²) in [5.74, 6) is 0.298. The molecule has 0 amide bonds. The second-order valence-electron chi connectivity index (χ2n) is 4.67. The fourth-order valence-corrected chi connectivity index (χ4v) is 1.69. The van der Waals surface area contributed by atoms with Crippen LogP contribution in [0.5, 0.6) is 0 Å². The second-order valence-corrected chi connectivity index (χ2v) is 4.67. The van der Waals surface area contributed by atoms with E-state index in [0.717, 1.165) is 18.7 Å². The van der Waals surface area contributed by atoms with Crippen LogP contribution in [-0.2, 0) is 11.3 Å². The van der Waals surface area contributed by atoms with E-state index in [1.165, 1.54) is 7.11 Å². The molecule has 0 aliphatic rings. The molecule has 0 aromatic carbocycles. The second kappa shape index (κ2) is 5.80. The van der Waals surface area contributed by atoms with Crippen molar-refractivity contribution in [3.05, 3.63) is 11.4 Å². The summed E-state index contributed by atoms with van der Waals surface area (Å²) in [6.45, 7) is 9.13. The fourth-order valence-electron chi connectivity index (χ4n) is 1.69. The number of methoxy groups -OCH3 is 1. The molecule has 0 aliphatic heterocycles. The van der Waals surface area contributed by atoms with Crippen molar-refractivity contribution in [2.75, 3.05) is 7.11 Å². The first-order chi connectivity index (χ1) is 8.01. The van der Waals surface area contributed by atoms with Gasteiger partial charge < -0.3 is 4.74 Å². The van der Waals surface area contributed by atoms with Gasteiger partial charge in [-0.05, 0) is 11.8 Å². The number of ether oxygens (including phenoxy) is 1. The van der Waals surface area contributed by atoms with E-state index in [9.17, 15) is 4.79 Å². The monoisotopic (exact) mass is 239 g/mol. The smallest absolute Gasteiger partial charge is 0.360 e. The van der Waals surface area contributed by atoms with Gasteiger partial charge in [0.2, 0.25) is 0 Å². The zero-order valence-corrected chi connectivity index (χ0v) is 11.2. The van der Waals surface area contributed by atoms with Crippen LogP contribution in [0, 0.1) is 5.92 Å². The molecule has 0 fully saturated rings. The number of carbonyl (C=O) groups excluding carboxylic acids is 1. The molecule has 1 atom stereocenters. The molecule has 96 valence electrons. The molecule has 0 N–H and O–H groups in total. The van der Waals surface area contributed by atoms with Gasteiger partial charge >= 0.3 is 5.97 Å². The van der Waals surface area contributed by atoms with E-state index in [4.69, 9.17) is 4.74 Å². The van der Waals surface area contributed by atoms with Gasteiger partial charge in [-0.1, -0.05) is 39.3 Å². The number of hydrogen-bond acceptors (Lipinski definition) is 4. The van der Waals surface area contributed by atoms with Crippen LogP contribution >= 0.6 is 0 Å². The molecule has 0 bridgehead atoms. The Morgan fingerprint density at radius 1 is 1.41 bits per heavy atom. The maximum Gasteiger partial charge on any atom is 0.360 e. The highest BCUT2D eigenvalue weighted by Crippen LogP contribution is 2.19. The molecule has 0 radical (unpaired) electrons. The Morgan fingerprint density at radius 2 is 2.06 bits per heavy atom. The maximum atomic E-state index is 11.6. The summed E-state index contributed by atoms with van der Waals surface area (Å²) < 4.78 is 6.54. The molecule has 1 aromatic rings. The van der Waals surface area contributed by atoms with Crippen LogP contribution in [0.3, 0.4) is 0 Å². The van der Waals surface area contributed by atoms with Crippen molar-refractivity contribution in [1.29, 1.82) is 0 Å². The highest BCUT2D eigenvalue weighted by molar-refractivity contribution is 5.88. The molecular formula is C12H21N3O2. The van der Waals surface area contributed by atoms with Crippen molar-refractivity contribution in [1.82, 2.24) is 15.0 Å². The number of esters is 1. The van der Waals surface area contributed by atoms with Gasteiger partial charge in [0, 0.05) is 6.54 Å². The summed E-state index contributed by atoms with van der Waals surface area (Å²) in [6, 6.07) is 0. The minimum Gasteiger partial charge on any atom is -0.464 e. The molecule has 0 saturated heterocycles. The quantitative estimate of drug-likeness (QED) is 0.739. The Bertz CT molecular complexity index is 385. The van der Waals surface area contributed by atoms with Crippen LogP contribution in [0.25, 0.3) is 0 Å². The lowest BCUT2D eigenvalue weighted by atomic mass is 10.1. The lowest BCUT2D eigenvalue weighted by molar-refractivity contribution is 0.0592. The molecule has 5 nitrogen and oxygen atoms in total. The van der Waals surface area contributed by atoms with Crippen molar-refractivity contribution < 1.29 is 9.53 Å². The lowest BCUT2D eigenvalue weighted by Crippen LogP contribution is -2.14. The minimum absolute atomic E-state index is 0.197. The first-order valence-corrected chi connectivity index (χ1v) is 6.02. The number of nitrogens with zero attached hydrogens (tertiary/aromatic N) is 3. The van der Waals surface area contributed by atoms with E-state index in [1.54, 1.807) is 0 Å². The summed E-state index contributed by atoms with van der Waals surface area (Å²) in [6.07, 6.45) is 1.07. The van der Waals surface area contributed by atoms with Crippen LogP contribution in [0.15, 0.2) is 0 Å². The number of aromatic nitrogens is 3. The standard InChI is InChI=1S/C12H21N3O2/c1-6-9(4)7-15-11(8(2)3)10(13-14-15)12(16)17-5/h8-9H,6-7H2,1-5H3. The summed E-state index contributed by atoms with van der Waals surface area (Å²) in [4.78, 5) is 11.6. The van der Waals surface area contributed by atoms with Gasteiger partial charge in [-0.2, -0.15) is 0 Å². The van der Waals surface area contributed by atoms with Gasteiger partial charge in [-0.15, -0.1) is 5.10 Å². The molecular weight excluding hydrogens is 218 g/mol. The number of carbonyl (C=O) groups is 1. The average molecular weight is 239 g/mol. The van der Waals surface area contributed by atoms with Crippen molar-refractivity contribution in [3.63, 3.8) is 0 Å². The van der Waals surface area contributed by atoms with Crippen molar-refractivity contribution >= 4 is 5.97 Å². The molecule has 1 rings (SSSR count). The number of hydrogen-bond donors (Lipinski definition) is 0. The third-order valence-corrected chi connectivity index (χ3v) is 2.88. The van der Waals surface area contributed by atoms with Crippen molar-refractivity contribution in [2.24, 2.45) is 5.92 Å². The van der Waals surface area contributed by atoms with Crippen molar-refractivity contribution in [2.45, 2.75) is 46.6 Å². The van der Waals surface area contributed by atoms with Gasteiger partial charge in [-0.25, -0.2) is 9.48 Å². The molecule has 1 aromatic heterocycles. The summed E-state index contributed by atoms with van der Waals surface area (Å²) in [5.41, 5.74) is 1.20. The Morgan fingerprint density at radius 3 is 2.53 bits per heavy atom. The molecule has 0 spiro atoms. The molecule has 1 unspecified atom stereocenters. The van der Waals surface area contributed by atoms with E-state index in [1.807, 2.05) is 18.5 Å². The summed E-state index contributed by atoms with van der Waals surface area (Å²) >= 11 is 0. The highest BCUT2D eigenvalue weighted by Gasteiger charge is 2.22. The molecule has 17 heavy (non-hydrogen) atoms. The zero-order chi connectivity index (χ0) is 13.0. The van der Waals surface area contributed by atoms with Crippen LogP contribution in [0.4, 0.5) is 0 Å². The number of rotatable bonds is 5. The van der Waals surface area contributed by atoms with Crippen LogP contribution in [0.2, 0.25) is 0 Å². The largest absolute Gasteiger partial charge is 0.464 e. The molecule has 0 aliphatic carbocycles. The Hall–Kier alpha value is -1.39. The first-order valence-electron chi connectivity index (χ1n) is 6.02. The first kappa shape index (κ1) is 13.7. The highest BCUT2D eigenvalue weighted by atomic mass is 16.5. The topological polar surface area (TPSA) is 57.0 Å². The maximum absolute atomic E-state index is 11.6. The Labute approximate surface area is 102 Å². The van der Waals surface area contributed by atoms with Crippen molar-refractivity contribution in [3.8, 4) is 0 Å². The average Bonchev–Trinajstić information content (AvgIpc) is 2.71. The summed E-state index contributed by atoms with van der Waals surface area (Å²) in [5, 5.41) is 7.99. The molecule has 1 heterocycles. The lowest BCUT2D eigenvalue weighted by Gasteiger charge is -2.13. The van der Waals surface area contributed by atoms with Gasteiger partial charge in [0.15, 0.2) is 5.69 Å². The van der Waals surface area contributed by atoms with Crippen LogP contribution < -0.4 is 0 Å². The third-order valence-electron chi connectivity index (χ3n) is 2.88. The predicted octanol–water partition coefficient (Wildman–Crippen LogP) is 2.23. The van der Waals surface area contributed by atoms with Crippen LogP contribution in [0.1, 0.15) is 56.2 Å². The predicted molar refractivity (Wildman–Crippen MR) is 64.9 cm³/mol. The SMILES string of the molecule is CCC(C)Cn1nnc(C(=O)OC)c1C(C)C. The van der Waals surface area contributed by atoms with E-state index in [-0.39, 0.29) is 5.92 Å². The third kappa shape index (κ3) is 3.05. The fraction of sp³-hybridized carbons (Fsp3) is 0.750. The zero-order valence-electron chi connectivity index (χ0n) is 11.2. The van der Waals surface area contributed by atoms with E-state index < -0.39 is 5.97 Å². The Kier molecular flexibility index (Phi) is 4.66. The van der Waals surface area contributed by atoms with E-state index in [0.29, 0.717) is 11.6 Å². The molecule has 5 heteroatoms. The molecule has 0 saturated carbocycles. The van der Waals surface area contributed by atoms with Gasteiger partial charge in [-0.3, -0.25) is 0 Å². The summed E-state index contributed by atoms with van der Waals surface area (Å²) in [7, 11) is 1.36. The minimum atomic E-state index is -0.413. The Balaban J connectivity index is 3.06. The van der Waals surface area contributed by atoms with Gasteiger partial charge in [0.05, 0.1) is 12.8 Å². The van der Waals surface area contributed by atoms with E-state index >= 15 is 0 Å². The van der Waals surface area contributed by atoms with Crippen LogP contribution in [-0.4, -0.2) is 28.1 Å². The van der Waals surface area contributed by atoms with Gasteiger partial charge in [0.25, 0.3) is 0 Å². The normalized spacial score (nSPS) is 12.8.